The fourth-order valence-corrected chi connectivity index (χ4v) is 3.69. The fraction of sp³-hybridized carbons (Fsp3) is 0.304. The molecule has 166 valence electrons. The van der Waals surface area contributed by atoms with Crippen LogP contribution in [0.25, 0.3) is 0 Å². The third kappa shape index (κ3) is 4.88. The predicted octanol–water partition coefficient (Wildman–Crippen LogP) is 1.93. The molecule has 1 aliphatic heterocycles. The van der Waals surface area contributed by atoms with E-state index < -0.39 is 0 Å². The first-order valence-corrected chi connectivity index (χ1v) is 10.3. The number of likely N-dealkylation sites (tertiary alicyclic amines) is 1. The van der Waals surface area contributed by atoms with E-state index in [1.165, 1.54) is 0 Å². The number of nitrogens with zero attached hydrogens (tertiary/aromatic N) is 3. The summed E-state index contributed by atoms with van der Waals surface area (Å²) < 4.78 is 10.8. The number of amides is 2. The van der Waals surface area contributed by atoms with Crippen molar-refractivity contribution in [2.45, 2.75) is 18.9 Å². The van der Waals surface area contributed by atoms with Crippen LogP contribution in [0.1, 0.15) is 27.9 Å². The van der Waals surface area contributed by atoms with Crippen molar-refractivity contribution < 1.29 is 19.1 Å². The van der Waals surface area contributed by atoms with Crippen LogP contribution in [0.2, 0.25) is 0 Å². The van der Waals surface area contributed by atoms with E-state index in [4.69, 9.17) is 9.47 Å². The number of ether oxygens (including phenoxy) is 2. The van der Waals surface area contributed by atoms with Crippen molar-refractivity contribution >= 4 is 11.8 Å². The minimum Gasteiger partial charge on any atom is -0.497 e. The quantitative estimate of drug-likeness (QED) is 0.587. The smallest absolute Gasteiger partial charge is 0.260 e. The lowest BCUT2D eigenvalue weighted by atomic mass is 10.0. The highest BCUT2D eigenvalue weighted by molar-refractivity contribution is 5.94. The van der Waals surface area contributed by atoms with Crippen molar-refractivity contribution in [2.24, 2.45) is 0 Å². The first-order chi connectivity index (χ1) is 15.5. The van der Waals surface area contributed by atoms with Gasteiger partial charge < -0.3 is 19.7 Å². The standard InChI is InChI=1S/C23H25N5O4/c1-15-24-22(27-26-15)19-12-28(13-20(19)25-23(30)16-6-4-3-5-7-16)21(29)14-32-18-10-8-17(31-2)9-11-18/h3-11,19-20H,12-14H2,1-2H3,(H,25,30)(H,24,26,27)/t19-,20-/m1/s1. The molecule has 2 amide bonds. The number of hydrogen-bond donors (Lipinski definition) is 2. The van der Waals surface area contributed by atoms with Gasteiger partial charge in [-0.3, -0.25) is 14.7 Å². The van der Waals surface area contributed by atoms with Gasteiger partial charge in [-0.05, 0) is 43.3 Å². The average Bonchev–Trinajstić information content (AvgIpc) is 3.44. The highest BCUT2D eigenvalue weighted by Crippen LogP contribution is 2.26. The topological polar surface area (TPSA) is 109 Å². The van der Waals surface area contributed by atoms with Gasteiger partial charge in [0.1, 0.15) is 17.3 Å². The van der Waals surface area contributed by atoms with Crippen LogP contribution in [0.15, 0.2) is 54.6 Å². The van der Waals surface area contributed by atoms with Crippen LogP contribution in [-0.4, -0.2) is 64.7 Å². The Labute approximate surface area is 185 Å². The molecule has 0 radical (unpaired) electrons. The van der Waals surface area contributed by atoms with Crippen LogP contribution >= 0.6 is 0 Å². The Morgan fingerprint density at radius 1 is 1.09 bits per heavy atom. The number of aromatic amines is 1. The lowest BCUT2D eigenvalue weighted by Gasteiger charge is -2.18. The van der Waals surface area contributed by atoms with Gasteiger partial charge in [0.05, 0.1) is 19.1 Å². The molecule has 2 heterocycles. The third-order valence-electron chi connectivity index (χ3n) is 5.39. The van der Waals surface area contributed by atoms with Crippen LogP contribution in [0.4, 0.5) is 0 Å². The Kier molecular flexibility index (Phi) is 6.34. The van der Waals surface area contributed by atoms with Crippen molar-refractivity contribution in [3.63, 3.8) is 0 Å². The zero-order valence-electron chi connectivity index (χ0n) is 17.9. The molecule has 1 aliphatic rings. The average molecular weight is 435 g/mol. The second-order valence-corrected chi connectivity index (χ2v) is 7.59. The summed E-state index contributed by atoms with van der Waals surface area (Å²) in [5, 5.41) is 10.1. The van der Waals surface area contributed by atoms with Crippen LogP contribution < -0.4 is 14.8 Å². The zero-order chi connectivity index (χ0) is 22.5. The maximum absolute atomic E-state index is 12.8. The van der Waals surface area contributed by atoms with Crippen LogP contribution in [0.3, 0.4) is 0 Å². The van der Waals surface area contributed by atoms with Gasteiger partial charge in [-0.15, -0.1) is 0 Å². The molecule has 32 heavy (non-hydrogen) atoms. The van der Waals surface area contributed by atoms with Crippen molar-refractivity contribution in [3.8, 4) is 11.5 Å². The number of carbonyl (C=O) groups is 2. The molecule has 9 heteroatoms. The second-order valence-electron chi connectivity index (χ2n) is 7.59. The summed E-state index contributed by atoms with van der Waals surface area (Å²) in [6.07, 6.45) is 0. The van der Waals surface area contributed by atoms with Gasteiger partial charge in [0.2, 0.25) is 0 Å². The normalized spacial score (nSPS) is 17.8. The number of nitrogens with one attached hydrogen (secondary N) is 2. The first-order valence-electron chi connectivity index (χ1n) is 10.3. The Morgan fingerprint density at radius 2 is 1.81 bits per heavy atom. The Bertz CT molecular complexity index is 1070. The third-order valence-corrected chi connectivity index (χ3v) is 5.39. The summed E-state index contributed by atoms with van der Waals surface area (Å²) >= 11 is 0. The number of carbonyl (C=O) groups excluding carboxylic acids is 2. The van der Waals surface area contributed by atoms with E-state index in [0.717, 1.165) is 0 Å². The van der Waals surface area contributed by atoms with Crippen molar-refractivity contribution in [1.29, 1.82) is 0 Å². The molecule has 9 nitrogen and oxygen atoms in total. The lowest BCUT2D eigenvalue weighted by molar-refractivity contribution is -0.132. The number of benzene rings is 2. The van der Waals surface area contributed by atoms with Gasteiger partial charge in [-0.25, -0.2) is 4.98 Å². The molecule has 0 bridgehead atoms. The van der Waals surface area contributed by atoms with Gasteiger partial charge >= 0.3 is 0 Å². The molecule has 2 N–H and O–H groups in total. The molecular formula is C23H25N5O4. The maximum atomic E-state index is 12.8. The highest BCUT2D eigenvalue weighted by Gasteiger charge is 2.39. The minimum atomic E-state index is -0.317. The number of aryl methyl sites for hydroxylation is 1. The van der Waals surface area contributed by atoms with Gasteiger partial charge in [-0.1, -0.05) is 18.2 Å². The van der Waals surface area contributed by atoms with Gasteiger partial charge in [0, 0.05) is 18.7 Å². The summed E-state index contributed by atoms with van der Waals surface area (Å²) in [7, 11) is 1.59. The van der Waals surface area contributed by atoms with Gasteiger partial charge in [0.25, 0.3) is 11.8 Å². The summed E-state index contributed by atoms with van der Waals surface area (Å²) in [6, 6.07) is 15.7. The maximum Gasteiger partial charge on any atom is 0.260 e. The number of methoxy groups -OCH3 is 1. The monoisotopic (exact) mass is 435 g/mol. The van der Waals surface area contributed by atoms with Gasteiger partial charge in [-0.2, -0.15) is 5.10 Å². The zero-order valence-corrected chi connectivity index (χ0v) is 17.9. The van der Waals surface area contributed by atoms with E-state index in [2.05, 4.69) is 20.5 Å². The molecule has 1 fully saturated rings. The summed E-state index contributed by atoms with van der Waals surface area (Å²) in [5.74, 6) is 1.95. The number of H-pyrrole nitrogens is 1. The van der Waals surface area contributed by atoms with E-state index in [0.29, 0.717) is 41.8 Å². The van der Waals surface area contributed by atoms with Crippen LogP contribution in [0, 0.1) is 6.92 Å². The van der Waals surface area contributed by atoms with Crippen molar-refractivity contribution in [3.05, 3.63) is 71.8 Å². The second kappa shape index (κ2) is 9.51. The van der Waals surface area contributed by atoms with E-state index in [1.807, 2.05) is 25.1 Å². The van der Waals surface area contributed by atoms with Crippen molar-refractivity contribution in [2.75, 3.05) is 26.8 Å². The summed E-state index contributed by atoms with van der Waals surface area (Å²) in [4.78, 5) is 31.7. The molecule has 0 saturated carbocycles. The molecule has 1 saturated heterocycles. The molecular weight excluding hydrogens is 410 g/mol. The Balaban J connectivity index is 1.43. The first kappa shape index (κ1) is 21.4. The van der Waals surface area contributed by atoms with Crippen LogP contribution in [0.5, 0.6) is 11.5 Å². The summed E-state index contributed by atoms with van der Waals surface area (Å²) in [5.41, 5.74) is 0.560. The SMILES string of the molecule is COc1ccc(OCC(=O)N2C[C@@H](NC(=O)c3ccccc3)[C@H](c3n[nH]c(C)n3)C2)cc1. The number of rotatable bonds is 7. The molecule has 1 aromatic heterocycles. The lowest BCUT2D eigenvalue weighted by Crippen LogP contribution is -2.41. The molecule has 0 unspecified atom stereocenters. The van der Waals surface area contributed by atoms with Crippen molar-refractivity contribution in [1.82, 2.24) is 25.4 Å². The van der Waals surface area contributed by atoms with E-state index in [-0.39, 0.29) is 30.4 Å². The molecule has 2 atom stereocenters. The van der Waals surface area contributed by atoms with E-state index in [1.54, 1.807) is 48.4 Å². The van der Waals surface area contributed by atoms with Gasteiger partial charge in [0.15, 0.2) is 12.4 Å². The van der Waals surface area contributed by atoms with E-state index >= 15 is 0 Å². The molecule has 3 aromatic rings. The molecule has 0 spiro atoms. The number of hydrogen-bond acceptors (Lipinski definition) is 6. The Morgan fingerprint density at radius 3 is 2.47 bits per heavy atom. The molecule has 2 aromatic carbocycles. The molecule has 4 rings (SSSR count). The Hall–Kier alpha value is -3.88. The highest BCUT2D eigenvalue weighted by atomic mass is 16.5. The molecule has 0 aliphatic carbocycles. The van der Waals surface area contributed by atoms with E-state index in [9.17, 15) is 9.59 Å². The fourth-order valence-electron chi connectivity index (χ4n) is 3.69. The number of aromatic nitrogens is 3. The largest absolute Gasteiger partial charge is 0.497 e. The summed E-state index contributed by atoms with van der Waals surface area (Å²) in [6.45, 7) is 2.45. The minimum absolute atomic E-state index is 0.106. The van der Waals surface area contributed by atoms with Crippen LogP contribution in [-0.2, 0) is 4.79 Å². The predicted molar refractivity (Wildman–Crippen MR) is 117 cm³/mol.